The van der Waals surface area contributed by atoms with Gasteiger partial charge in [-0.05, 0) is 35.8 Å². The van der Waals surface area contributed by atoms with Gasteiger partial charge in [0.25, 0.3) is 0 Å². The van der Waals surface area contributed by atoms with E-state index in [4.69, 9.17) is 16.3 Å². The number of halogens is 1. The van der Waals surface area contributed by atoms with Gasteiger partial charge in [-0.1, -0.05) is 48.5 Å². The number of carbonyl (C=O) groups excluding carboxylic acids is 2. The highest BCUT2D eigenvalue weighted by atomic mass is 35.5. The van der Waals surface area contributed by atoms with Crippen molar-refractivity contribution < 1.29 is 14.3 Å². The Kier molecular flexibility index (Phi) is 6.94. The first-order valence-electron chi connectivity index (χ1n) is 9.64. The van der Waals surface area contributed by atoms with Crippen LogP contribution in [0.4, 0.5) is 0 Å². The van der Waals surface area contributed by atoms with Crippen molar-refractivity contribution in [2.24, 2.45) is 0 Å². The van der Waals surface area contributed by atoms with Crippen molar-refractivity contribution in [3.8, 4) is 16.9 Å². The second-order valence-corrected chi connectivity index (χ2v) is 7.33. The number of amides is 2. The van der Waals surface area contributed by atoms with Crippen LogP contribution in [0.15, 0.2) is 55.1 Å². The van der Waals surface area contributed by atoms with Gasteiger partial charge < -0.3 is 14.5 Å². The Bertz CT molecular complexity index is 890. The van der Waals surface area contributed by atoms with Gasteiger partial charge in [-0.2, -0.15) is 0 Å². The van der Waals surface area contributed by atoms with Gasteiger partial charge in [0.05, 0.1) is 7.11 Å². The van der Waals surface area contributed by atoms with Gasteiger partial charge in [-0.3, -0.25) is 9.59 Å². The minimum Gasteiger partial charge on any atom is -0.496 e. The van der Waals surface area contributed by atoms with Gasteiger partial charge in [0.15, 0.2) is 0 Å². The third-order valence-corrected chi connectivity index (χ3v) is 5.49. The van der Waals surface area contributed by atoms with Gasteiger partial charge in [-0.15, -0.1) is 0 Å². The first kappa shape index (κ1) is 20.9. The van der Waals surface area contributed by atoms with Crippen molar-refractivity contribution in [2.75, 3.05) is 33.3 Å². The molecule has 0 aliphatic carbocycles. The Balaban J connectivity index is 1.65. The highest BCUT2D eigenvalue weighted by molar-refractivity contribution is 6.33. The van der Waals surface area contributed by atoms with Crippen LogP contribution in [0.1, 0.15) is 12.0 Å². The summed E-state index contributed by atoms with van der Waals surface area (Å²) in [6.07, 6.45) is 2.22. The number of nitrogens with zero attached hydrogens (tertiary/aromatic N) is 2. The second-order valence-electron chi connectivity index (χ2n) is 6.92. The molecule has 0 atom stereocenters. The van der Waals surface area contributed by atoms with E-state index in [1.165, 1.54) is 6.08 Å². The van der Waals surface area contributed by atoms with Crippen molar-refractivity contribution >= 4 is 23.4 Å². The Labute approximate surface area is 176 Å². The average molecular weight is 413 g/mol. The number of hydrogen-bond acceptors (Lipinski definition) is 3. The van der Waals surface area contributed by atoms with E-state index in [9.17, 15) is 9.59 Å². The molecule has 6 heteroatoms. The maximum atomic E-state index is 12.6. The fourth-order valence-corrected chi connectivity index (χ4v) is 3.82. The lowest BCUT2D eigenvalue weighted by Gasteiger charge is -2.34. The third-order valence-electron chi connectivity index (χ3n) is 5.18. The van der Waals surface area contributed by atoms with E-state index in [1.807, 2.05) is 42.5 Å². The molecule has 0 saturated carbocycles. The molecule has 0 spiro atoms. The molecule has 0 radical (unpaired) electrons. The summed E-state index contributed by atoms with van der Waals surface area (Å²) in [5.41, 5.74) is 2.83. The SMILES string of the molecule is C=CC(=O)N1CCN(C(=O)CCc2cc(Cl)c(-c3ccccc3)cc2OC)CC1. The Hall–Kier alpha value is -2.79. The first-order chi connectivity index (χ1) is 14.0. The second kappa shape index (κ2) is 9.61. The number of hydrogen-bond donors (Lipinski definition) is 0. The van der Waals surface area contributed by atoms with Crippen LogP contribution in [0.5, 0.6) is 5.75 Å². The van der Waals surface area contributed by atoms with E-state index in [1.54, 1.807) is 16.9 Å². The van der Waals surface area contributed by atoms with Crippen LogP contribution in [0.2, 0.25) is 5.02 Å². The normalized spacial score (nSPS) is 13.9. The molecule has 2 aromatic rings. The highest BCUT2D eigenvalue weighted by Crippen LogP contribution is 2.34. The highest BCUT2D eigenvalue weighted by Gasteiger charge is 2.23. The van der Waals surface area contributed by atoms with Crippen LogP contribution in [0, 0.1) is 0 Å². The molecule has 1 saturated heterocycles. The van der Waals surface area contributed by atoms with E-state index < -0.39 is 0 Å². The number of aryl methyl sites for hydroxylation is 1. The summed E-state index contributed by atoms with van der Waals surface area (Å²) in [5.74, 6) is 0.707. The van der Waals surface area contributed by atoms with Crippen LogP contribution in [0.3, 0.4) is 0 Å². The molecule has 1 fully saturated rings. The molecule has 2 aromatic carbocycles. The molecule has 0 bridgehead atoms. The predicted octanol–water partition coefficient (Wildman–Crippen LogP) is 3.81. The summed E-state index contributed by atoms with van der Waals surface area (Å²) >= 11 is 6.52. The summed E-state index contributed by atoms with van der Waals surface area (Å²) < 4.78 is 5.56. The number of carbonyl (C=O) groups is 2. The van der Waals surface area contributed by atoms with Crippen molar-refractivity contribution in [1.29, 1.82) is 0 Å². The minimum absolute atomic E-state index is 0.0704. The van der Waals surface area contributed by atoms with Crippen LogP contribution < -0.4 is 4.74 Å². The maximum absolute atomic E-state index is 12.6. The number of benzene rings is 2. The molecule has 29 heavy (non-hydrogen) atoms. The zero-order valence-electron chi connectivity index (χ0n) is 16.6. The van der Waals surface area contributed by atoms with Crippen molar-refractivity contribution in [3.63, 3.8) is 0 Å². The zero-order valence-corrected chi connectivity index (χ0v) is 17.3. The van der Waals surface area contributed by atoms with E-state index in [0.29, 0.717) is 44.0 Å². The zero-order chi connectivity index (χ0) is 20.8. The molecule has 1 heterocycles. The molecule has 1 aliphatic heterocycles. The van der Waals surface area contributed by atoms with Crippen LogP contribution in [-0.4, -0.2) is 54.9 Å². The largest absolute Gasteiger partial charge is 0.496 e. The molecule has 2 amide bonds. The first-order valence-corrected chi connectivity index (χ1v) is 10.0. The van der Waals surface area contributed by atoms with Crippen molar-refractivity contribution in [2.45, 2.75) is 12.8 Å². The number of rotatable bonds is 6. The molecular weight excluding hydrogens is 388 g/mol. The van der Waals surface area contributed by atoms with Crippen LogP contribution >= 0.6 is 11.6 Å². The van der Waals surface area contributed by atoms with Crippen LogP contribution in [0.25, 0.3) is 11.1 Å². The Morgan fingerprint density at radius 3 is 2.38 bits per heavy atom. The van der Waals surface area contributed by atoms with Gasteiger partial charge in [0, 0.05) is 43.2 Å². The van der Waals surface area contributed by atoms with Gasteiger partial charge in [0.1, 0.15) is 5.75 Å². The average Bonchev–Trinajstić information content (AvgIpc) is 2.77. The summed E-state index contributed by atoms with van der Waals surface area (Å²) in [7, 11) is 1.62. The molecule has 0 unspecified atom stereocenters. The molecule has 3 rings (SSSR count). The Morgan fingerprint density at radius 1 is 1.10 bits per heavy atom. The van der Waals surface area contributed by atoms with Gasteiger partial charge in [0.2, 0.25) is 11.8 Å². The topological polar surface area (TPSA) is 49.9 Å². The molecule has 0 N–H and O–H groups in total. The summed E-state index contributed by atoms with van der Waals surface area (Å²) in [4.78, 5) is 27.8. The van der Waals surface area contributed by atoms with E-state index in [2.05, 4.69) is 6.58 Å². The van der Waals surface area contributed by atoms with E-state index in [-0.39, 0.29) is 11.8 Å². The lowest BCUT2D eigenvalue weighted by Crippen LogP contribution is -2.50. The molecule has 1 aliphatic rings. The third kappa shape index (κ3) is 4.98. The van der Waals surface area contributed by atoms with Crippen LogP contribution in [-0.2, 0) is 16.0 Å². The number of ether oxygens (including phenoxy) is 1. The van der Waals surface area contributed by atoms with Gasteiger partial charge in [-0.25, -0.2) is 0 Å². The number of piperazine rings is 1. The summed E-state index contributed by atoms with van der Waals surface area (Å²) in [5, 5.41) is 0.635. The maximum Gasteiger partial charge on any atom is 0.246 e. The fourth-order valence-electron chi connectivity index (χ4n) is 3.52. The predicted molar refractivity (Wildman–Crippen MR) is 115 cm³/mol. The molecule has 5 nitrogen and oxygen atoms in total. The fraction of sp³-hybridized carbons (Fsp3) is 0.304. The van der Waals surface area contributed by atoms with Crippen molar-refractivity contribution in [1.82, 2.24) is 9.80 Å². The summed E-state index contributed by atoms with van der Waals surface area (Å²) in [6, 6.07) is 13.7. The molecule has 152 valence electrons. The molecule has 0 aromatic heterocycles. The van der Waals surface area contributed by atoms with E-state index in [0.717, 1.165) is 22.4 Å². The standard InChI is InChI=1S/C23H25ClN2O3/c1-3-22(27)25-11-13-26(14-12-25)23(28)10-9-18-15-20(24)19(16-21(18)29-2)17-7-5-4-6-8-17/h3-8,15-16H,1,9-14H2,2H3. The quantitative estimate of drug-likeness (QED) is 0.678. The minimum atomic E-state index is -0.0880. The summed E-state index contributed by atoms with van der Waals surface area (Å²) in [6.45, 7) is 5.68. The van der Waals surface area contributed by atoms with E-state index >= 15 is 0 Å². The van der Waals surface area contributed by atoms with Crippen molar-refractivity contribution in [3.05, 3.63) is 65.7 Å². The monoisotopic (exact) mass is 412 g/mol. The number of methoxy groups -OCH3 is 1. The molecular formula is C23H25ClN2O3. The smallest absolute Gasteiger partial charge is 0.246 e. The lowest BCUT2D eigenvalue weighted by molar-refractivity contribution is -0.137. The van der Waals surface area contributed by atoms with Gasteiger partial charge >= 0.3 is 0 Å². The Morgan fingerprint density at radius 2 is 1.76 bits per heavy atom. The lowest BCUT2D eigenvalue weighted by atomic mass is 10.0.